The Kier molecular flexibility index (Phi) is 10.3. The molecule has 2 atom stereocenters. The van der Waals surface area contributed by atoms with Gasteiger partial charge in [-0.15, -0.1) is 0 Å². The zero-order valence-corrected chi connectivity index (χ0v) is 16.5. The Hall–Kier alpha value is -2.21. The number of carbonyl (C=O) groups is 1. The van der Waals surface area contributed by atoms with Crippen LogP contribution in [0, 0.1) is 0 Å². The van der Waals surface area contributed by atoms with Gasteiger partial charge in [-0.25, -0.2) is 0 Å². The molecule has 0 radical (unpaired) electrons. The van der Waals surface area contributed by atoms with Gasteiger partial charge in [-0.1, -0.05) is 67.1 Å². The molecular formula is C23H30O5. The monoisotopic (exact) mass is 386 g/mol. The number of benzene rings is 2. The van der Waals surface area contributed by atoms with E-state index in [1.165, 1.54) is 7.11 Å². The summed E-state index contributed by atoms with van der Waals surface area (Å²) in [5.74, 6) is -0.214. The van der Waals surface area contributed by atoms with Gasteiger partial charge in [0.15, 0.2) is 0 Å². The number of rotatable bonds is 13. The van der Waals surface area contributed by atoms with Crippen molar-refractivity contribution < 1.29 is 24.1 Å². The minimum absolute atomic E-state index is 0.200. The number of methoxy groups -OCH3 is 1. The molecule has 5 nitrogen and oxygen atoms in total. The maximum absolute atomic E-state index is 11.3. The van der Waals surface area contributed by atoms with Gasteiger partial charge in [0.1, 0.15) is 6.10 Å². The van der Waals surface area contributed by atoms with Gasteiger partial charge < -0.3 is 19.3 Å². The van der Waals surface area contributed by atoms with Crippen LogP contribution in [0.2, 0.25) is 0 Å². The van der Waals surface area contributed by atoms with E-state index in [0.29, 0.717) is 32.5 Å². The molecule has 152 valence electrons. The Labute approximate surface area is 167 Å². The van der Waals surface area contributed by atoms with Gasteiger partial charge in [0, 0.05) is 6.42 Å². The molecule has 0 aliphatic heterocycles. The fraction of sp³-hybridized carbons (Fsp3) is 0.435. The third-order valence-electron chi connectivity index (χ3n) is 4.48. The molecule has 0 fully saturated rings. The van der Waals surface area contributed by atoms with Gasteiger partial charge in [0.05, 0.1) is 33.0 Å². The molecule has 1 N–H and O–H groups in total. The van der Waals surface area contributed by atoms with Crippen LogP contribution in [0.25, 0.3) is 0 Å². The number of aliphatic hydroxyl groups excluding tert-OH is 1. The highest BCUT2D eigenvalue weighted by Crippen LogP contribution is 2.15. The van der Waals surface area contributed by atoms with Crippen LogP contribution in [0.1, 0.15) is 36.8 Å². The van der Waals surface area contributed by atoms with Crippen LogP contribution in [-0.2, 0) is 32.2 Å². The zero-order chi connectivity index (χ0) is 20.0. The molecule has 0 saturated heterocycles. The number of esters is 1. The van der Waals surface area contributed by atoms with Crippen molar-refractivity contribution in [2.24, 2.45) is 0 Å². The van der Waals surface area contributed by atoms with Crippen molar-refractivity contribution >= 4 is 5.97 Å². The third-order valence-corrected chi connectivity index (χ3v) is 4.48. The predicted molar refractivity (Wildman–Crippen MR) is 108 cm³/mol. The molecular weight excluding hydrogens is 356 g/mol. The van der Waals surface area contributed by atoms with E-state index >= 15 is 0 Å². The summed E-state index contributed by atoms with van der Waals surface area (Å²) >= 11 is 0. The Balaban J connectivity index is 1.81. The summed E-state index contributed by atoms with van der Waals surface area (Å²) in [4.78, 5) is 11.3. The summed E-state index contributed by atoms with van der Waals surface area (Å²) < 4.78 is 16.3. The first-order chi connectivity index (χ1) is 13.7. The SMILES string of the molecule is COC(=O)CCCCC(OCc1ccccc1)C(O)COCc1ccccc1. The highest BCUT2D eigenvalue weighted by atomic mass is 16.5. The molecule has 2 aromatic rings. The highest BCUT2D eigenvalue weighted by Gasteiger charge is 2.20. The molecule has 0 bridgehead atoms. The molecule has 0 aromatic heterocycles. The summed E-state index contributed by atoms with van der Waals surface area (Å²) in [5, 5.41) is 10.6. The van der Waals surface area contributed by atoms with E-state index in [1.54, 1.807) is 0 Å². The van der Waals surface area contributed by atoms with E-state index < -0.39 is 6.10 Å². The van der Waals surface area contributed by atoms with Gasteiger partial charge in [-0.05, 0) is 24.0 Å². The second kappa shape index (κ2) is 13.0. The Bertz CT molecular complexity index is 659. The number of hydrogen-bond donors (Lipinski definition) is 1. The molecule has 28 heavy (non-hydrogen) atoms. The normalized spacial score (nSPS) is 13.1. The van der Waals surface area contributed by atoms with Gasteiger partial charge in [-0.3, -0.25) is 4.79 Å². The Morgan fingerprint density at radius 3 is 2.14 bits per heavy atom. The van der Waals surface area contributed by atoms with E-state index in [2.05, 4.69) is 4.74 Å². The average Bonchev–Trinajstić information content (AvgIpc) is 2.74. The maximum atomic E-state index is 11.3. The lowest BCUT2D eigenvalue weighted by Gasteiger charge is -2.23. The van der Waals surface area contributed by atoms with Crippen LogP contribution < -0.4 is 0 Å². The summed E-state index contributed by atoms with van der Waals surface area (Å²) in [5.41, 5.74) is 2.12. The molecule has 0 spiro atoms. The number of aliphatic hydroxyl groups is 1. The summed E-state index contributed by atoms with van der Waals surface area (Å²) in [6.07, 6.45) is 1.42. The summed E-state index contributed by atoms with van der Waals surface area (Å²) in [7, 11) is 1.39. The average molecular weight is 386 g/mol. The van der Waals surface area contributed by atoms with E-state index in [9.17, 15) is 9.90 Å². The predicted octanol–water partition coefficient (Wildman–Crippen LogP) is 3.88. The standard InChI is InChI=1S/C23H30O5/c1-26-23(25)15-9-8-14-22(28-17-20-12-6-3-7-13-20)21(24)18-27-16-19-10-4-2-5-11-19/h2-7,10-13,21-22,24H,8-9,14-18H2,1H3. The molecule has 2 rings (SSSR count). The fourth-order valence-corrected chi connectivity index (χ4v) is 2.86. The number of unbranched alkanes of at least 4 members (excludes halogenated alkanes) is 1. The van der Waals surface area contributed by atoms with Crippen LogP contribution in [0.5, 0.6) is 0 Å². The lowest BCUT2D eigenvalue weighted by Crippen LogP contribution is -2.33. The molecule has 0 aliphatic carbocycles. The van der Waals surface area contributed by atoms with Crippen molar-refractivity contribution in [3.05, 3.63) is 71.8 Å². The summed E-state index contributed by atoms with van der Waals surface area (Å²) in [6.45, 7) is 1.08. The molecule has 0 amide bonds. The summed E-state index contributed by atoms with van der Waals surface area (Å²) in [6, 6.07) is 19.7. The van der Waals surface area contributed by atoms with Crippen molar-refractivity contribution in [2.75, 3.05) is 13.7 Å². The van der Waals surface area contributed by atoms with E-state index in [-0.39, 0.29) is 18.7 Å². The minimum Gasteiger partial charge on any atom is -0.469 e. The van der Waals surface area contributed by atoms with Crippen molar-refractivity contribution in [1.82, 2.24) is 0 Å². The second-order valence-electron chi connectivity index (χ2n) is 6.73. The second-order valence-corrected chi connectivity index (χ2v) is 6.73. The van der Waals surface area contributed by atoms with Crippen LogP contribution in [0.4, 0.5) is 0 Å². The minimum atomic E-state index is -0.731. The van der Waals surface area contributed by atoms with E-state index in [4.69, 9.17) is 9.47 Å². The van der Waals surface area contributed by atoms with Crippen LogP contribution in [0.3, 0.4) is 0 Å². The van der Waals surface area contributed by atoms with Crippen molar-refractivity contribution in [2.45, 2.75) is 51.1 Å². The van der Waals surface area contributed by atoms with Gasteiger partial charge in [0.25, 0.3) is 0 Å². The zero-order valence-electron chi connectivity index (χ0n) is 16.5. The van der Waals surface area contributed by atoms with Crippen molar-refractivity contribution in [3.63, 3.8) is 0 Å². The van der Waals surface area contributed by atoms with Crippen molar-refractivity contribution in [3.8, 4) is 0 Å². The van der Waals surface area contributed by atoms with E-state index in [1.807, 2.05) is 60.7 Å². The molecule has 5 heteroatoms. The van der Waals surface area contributed by atoms with Crippen LogP contribution in [0.15, 0.2) is 60.7 Å². The first-order valence-corrected chi connectivity index (χ1v) is 9.71. The number of ether oxygens (including phenoxy) is 3. The fourth-order valence-electron chi connectivity index (χ4n) is 2.86. The van der Waals surface area contributed by atoms with Crippen LogP contribution in [-0.4, -0.2) is 37.0 Å². The first-order valence-electron chi connectivity index (χ1n) is 9.71. The Morgan fingerprint density at radius 2 is 1.54 bits per heavy atom. The highest BCUT2D eigenvalue weighted by molar-refractivity contribution is 5.68. The smallest absolute Gasteiger partial charge is 0.305 e. The lowest BCUT2D eigenvalue weighted by atomic mass is 10.1. The van der Waals surface area contributed by atoms with Gasteiger partial charge >= 0.3 is 5.97 Å². The molecule has 0 heterocycles. The molecule has 2 aromatic carbocycles. The number of carbonyl (C=O) groups excluding carboxylic acids is 1. The quantitative estimate of drug-likeness (QED) is 0.418. The molecule has 0 saturated carbocycles. The molecule has 2 unspecified atom stereocenters. The number of hydrogen-bond acceptors (Lipinski definition) is 5. The maximum Gasteiger partial charge on any atom is 0.305 e. The van der Waals surface area contributed by atoms with Gasteiger partial charge in [-0.2, -0.15) is 0 Å². The lowest BCUT2D eigenvalue weighted by molar-refractivity contribution is -0.140. The van der Waals surface area contributed by atoms with E-state index in [0.717, 1.165) is 17.5 Å². The first kappa shape index (κ1) is 22.1. The largest absolute Gasteiger partial charge is 0.469 e. The third kappa shape index (κ3) is 8.65. The van der Waals surface area contributed by atoms with Crippen molar-refractivity contribution in [1.29, 1.82) is 0 Å². The topological polar surface area (TPSA) is 65.0 Å². The Morgan fingerprint density at radius 1 is 0.929 bits per heavy atom. The van der Waals surface area contributed by atoms with Gasteiger partial charge in [0.2, 0.25) is 0 Å². The molecule has 0 aliphatic rings. The van der Waals surface area contributed by atoms with Crippen LogP contribution >= 0.6 is 0 Å².